The predicted molar refractivity (Wildman–Crippen MR) is 93.4 cm³/mol. The number of hydrogen-bond donors (Lipinski definition) is 2. The third kappa shape index (κ3) is 2.70. The minimum atomic E-state index is -0.470. The first-order valence-electron chi connectivity index (χ1n) is 8.53. The second-order valence-corrected chi connectivity index (χ2v) is 6.57. The van der Waals surface area contributed by atoms with Gasteiger partial charge in [0, 0.05) is 25.0 Å². The number of anilines is 1. The highest BCUT2D eigenvalue weighted by atomic mass is 16.2. The number of piperidine rings is 1. The summed E-state index contributed by atoms with van der Waals surface area (Å²) in [5.74, 6) is 0.116. The fourth-order valence-electron chi connectivity index (χ4n) is 3.80. The van der Waals surface area contributed by atoms with E-state index in [0.29, 0.717) is 6.54 Å². The van der Waals surface area contributed by atoms with Crippen LogP contribution in [0.15, 0.2) is 48.7 Å². The minimum absolute atomic E-state index is 0.116. The second kappa shape index (κ2) is 6.34. The number of pyridine rings is 1. The van der Waals surface area contributed by atoms with Gasteiger partial charge in [0.15, 0.2) is 0 Å². The number of fused-ring (bicyclic) bond motifs is 1. The van der Waals surface area contributed by atoms with Crippen LogP contribution in [-0.4, -0.2) is 34.4 Å². The Labute approximate surface area is 142 Å². The topological polar surface area (TPSA) is 57.3 Å². The third-order valence-electron chi connectivity index (χ3n) is 5.16. The SMILES string of the molecule is O=C1Nc2ccccc2CN(Cc2ccccn2)C12CCNCC2. The molecule has 1 saturated heterocycles. The molecule has 1 spiro atoms. The van der Waals surface area contributed by atoms with Crippen molar-refractivity contribution in [2.24, 2.45) is 0 Å². The van der Waals surface area contributed by atoms with Crippen LogP contribution in [0.1, 0.15) is 24.1 Å². The molecule has 4 rings (SSSR count). The van der Waals surface area contributed by atoms with Crippen molar-refractivity contribution >= 4 is 11.6 Å². The monoisotopic (exact) mass is 322 g/mol. The Morgan fingerprint density at radius 2 is 1.88 bits per heavy atom. The quantitative estimate of drug-likeness (QED) is 0.890. The largest absolute Gasteiger partial charge is 0.324 e. The molecule has 2 aliphatic heterocycles. The van der Waals surface area contributed by atoms with Crippen LogP contribution in [-0.2, 0) is 17.9 Å². The summed E-state index contributed by atoms with van der Waals surface area (Å²) in [5, 5.41) is 6.55. The second-order valence-electron chi connectivity index (χ2n) is 6.57. The van der Waals surface area contributed by atoms with Gasteiger partial charge in [-0.3, -0.25) is 14.7 Å². The molecule has 2 N–H and O–H groups in total. The summed E-state index contributed by atoms with van der Waals surface area (Å²) in [6, 6.07) is 14.1. The highest BCUT2D eigenvalue weighted by molar-refractivity contribution is 5.99. The summed E-state index contributed by atoms with van der Waals surface area (Å²) in [6.07, 6.45) is 3.45. The Bertz CT molecular complexity index is 725. The van der Waals surface area contributed by atoms with Crippen molar-refractivity contribution in [3.63, 3.8) is 0 Å². The number of benzene rings is 1. The summed E-state index contributed by atoms with van der Waals surface area (Å²) in [4.78, 5) is 19.9. The molecule has 1 aromatic carbocycles. The van der Waals surface area contributed by atoms with Gasteiger partial charge in [-0.2, -0.15) is 0 Å². The van der Waals surface area contributed by atoms with Crippen LogP contribution in [0.25, 0.3) is 0 Å². The molecule has 5 heteroatoms. The fourth-order valence-corrected chi connectivity index (χ4v) is 3.80. The third-order valence-corrected chi connectivity index (χ3v) is 5.16. The summed E-state index contributed by atoms with van der Waals surface area (Å²) < 4.78 is 0. The molecule has 124 valence electrons. The van der Waals surface area contributed by atoms with Crippen molar-refractivity contribution in [1.82, 2.24) is 15.2 Å². The van der Waals surface area contributed by atoms with Gasteiger partial charge in [0.1, 0.15) is 5.54 Å². The van der Waals surface area contributed by atoms with Crippen LogP contribution in [0, 0.1) is 0 Å². The molecule has 1 amide bonds. The van der Waals surface area contributed by atoms with E-state index >= 15 is 0 Å². The van der Waals surface area contributed by atoms with Crippen LogP contribution in [0.4, 0.5) is 5.69 Å². The molecule has 2 aromatic rings. The van der Waals surface area contributed by atoms with Gasteiger partial charge >= 0.3 is 0 Å². The van der Waals surface area contributed by atoms with E-state index in [-0.39, 0.29) is 5.91 Å². The number of carbonyl (C=O) groups is 1. The Hall–Kier alpha value is -2.24. The van der Waals surface area contributed by atoms with Crippen molar-refractivity contribution in [1.29, 1.82) is 0 Å². The molecule has 0 radical (unpaired) electrons. The first-order chi connectivity index (χ1) is 11.8. The zero-order valence-corrected chi connectivity index (χ0v) is 13.7. The number of para-hydroxylation sites is 1. The van der Waals surface area contributed by atoms with Crippen LogP contribution >= 0.6 is 0 Å². The first-order valence-corrected chi connectivity index (χ1v) is 8.53. The molecule has 0 saturated carbocycles. The average molecular weight is 322 g/mol. The van der Waals surface area contributed by atoms with E-state index in [1.807, 2.05) is 42.6 Å². The van der Waals surface area contributed by atoms with E-state index in [1.54, 1.807) is 0 Å². The van der Waals surface area contributed by atoms with Crippen LogP contribution in [0.5, 0.6) is 0 Å². The van der Waals surface area contributed by atoms with Gasteiger partial charge in [-0.15, -0.1) is 0 Å². The Morgan fingerprint density at radius 3 is 2.67 bits per heavy atom. The Morgan fingerprint density at radius 1 is 1.08 bits per heavy atom. The number of aromatic nitrogens is 1. The molecule has 5 nitrogen and oxygen atoms in total. The lowest BCUT2D eigenvalue weighted by Gasteiger charge is -2.43. The summed E-state index contributed by atoms with van der Waals surface area (Å²) in [7, 11) is 0. The number of amides is 1. The summed E-state index contributed by atoms with van der Waals surface area (Å²) in [5.41, 5.74) is 2.63. The molecule has 0 aliphatic carbocycles. The van der Waals surface area contributed by atoms with Gasteiger partial charge < -0.3 is 10.6 Å². The lowest BCUT2D eigenvalue weighted by molar-refractivity contribution is -0.130. The normalized spacial score (nSPS) is 20.2. The molecule has 0 atom stereocenters. The van der Waals surface area contributed by atoms with Gasteiger partial charge in [0.05, 0.1) is 5.69 Å². The molecule has 1 fully saturated rings. The van der Waals surface area contributed by atoms with E-state index in [4.69, 9.17) is 0 Å². The van der Waals surface area contributed by atoms with E-state index in [0.717, 1.165) is 49.4 Å². The average Bonchev–Trinajstić information content (AvgIpc) is 2.73. The fraction of sp³-hybridized carbons (Fsp3) is 0.368. The van der Waals surface area contributed by atoms with Gasteiger partial charge in [0.25, 0.3) is 0 Å². The minimum Gasteiger partial charge on any atom is -0.324 e. The summed E-state index contributed by atoms with van der Waals surface area (Å²) >= 11 is 0. The maximum Gasteiger partial charge on any atom is 0.245 e. The maximum atomic E-state index is 13.2. The van der Waals surface area contributed by atoms with Crippen molar-refractivity contribution in [3.8, 4) is 0 Å². The molecule has 0 bridgehead atoms. The number of nitrogens with zero attached hydrogens (tertiary/aromatic N) is 2. The number of hydrogen-bond acceptors (Lipinski definition) is 4. The molecular formula is C19H22N4O. The highest BCUT2D eigenvalue weighted by Crippen LogP contribution is 2.35. The predicted octanol–water partition coefficient (Wildman–Crippen LogP) is 2.16. The van der Waals surface area contributed by atoms with E-state index in [9.17, 15) is 4.79 Å². The molecule has 2 aliphatic rings. The Kier molecular flexibility index (Phi) is 4.04. The number of nitrogens with one attached hydrogen (secondary N) is 2. The van der Waals surface area contributed by atoms with E-state index < -0.39 is 5.54 Å². The first kappa shape index (κ1) is 15.3. The van der Waals surface area contributed by atoms with Gasteiger partial charge in [0.2, 0.25) is 5.91 Å². The standard InChI is InChI=1S/C19H22N4O/c24-18-19(8-11-20-12-9-19)23(14-16-6-3-4-10-21-16)13-15-5-1-2-7-17(15)22-18/h1-7,10,20H,8-9,11-14H2,(H,22,24). The molecule has 1 aromatic heterocycles. The maximum absolute atomic E-state index is 13.2. The Balaban J connectivity index is 1.74. The van der Waals surface area contributed by atoms with Crippen molar-refractivity contribution < 1.29 is 4.79 Å². The lowest BCUT2D eigenvalue weighted by atomic mass is 9.85. The number of rotatable bonds is 2. The zero-order chi connectivity index (χ0) is 16.4. The van der Waals surface area contributed by atoms with E-state index in [1.165, 1.54) is 0 Å². The van der Waals surface area contributed by atoms with Gasteiger partial charge in [-0.05, 0) is 49.7 Å². The van der Waals surface area contributed by atoms with Crippen molar-refractivity contribution in [2.75, 3.05) is 18.4 Å². The smallest absolute Gasteiger partial charge is 0.245 e. The van der Waals surface area contributed by atoms with Crippen molar-refractivity contribution in [3.05, 3.63) is 59.9 Å². The zero-order valence-electron chi connectivity index (χ0n) is 13.7. The lowest BCUT2D eigenvalue weighted by Crippen LogP contribution is -2.59. The molecule has 24 heavy (non-hydrogen) atoms. The van der Waals surface area contributed by atoms with E-state index in [2.05, 4.69) is 26.6 Å². The number of carbonyl (C=O) groups excluding carboxylic acids is 1. The van der Waals surface area contributed by atoms with Crippen LogP contribution < -0.4 is 10.6 Å². The van der Waals surface area contributed by atoms with Gasteiger partial charge in [-0.25, -0.2) is 0 Å². The van der Waals surface area contributed by atoms with Gasteiger partial charge in [-0.1, -0.05) is 24.3 Å². The van der Waals surface area contributed by atoms with Crippen molar-refractivity contribution in [2.45, 2.75) is 31.5 Å². The molecular weight excluding hydrogens is 300 g/mol. The summed E-state index contributed by atoms with van der Waals surface area (Å²) in [6.45, 7) is 3.17. The van der Waals surface area contributed by atoms with Crippen LogP contribution in [0.3, 0.4) is 0 Å². The van der Waals surface area contributed by atoms with Crippen LogP contribution in [0.2, 0.25) is 0 Å². The molecule has 3 heterocycles. The molecule has 0 unspecified atom stereocenters. The highest BCUT2D eigenvalue weighted by Gasteiger charge is 2.46.